The Morgan fingerprint density at radius 2 is 1.40 bits per heavy atom. The van der Waals surface area contributed by atoms with Crippen LogP contribution in [0.2, 0.25) is 0 Å². The standard InChI is InChI=1S/C4H8O2.C3HF7O3S/c1-2-3-4(5)6;4-1(5,2(6,7)8)3(9,10)14(11,12)13/h2-3H2,1H3,(H,5,6);(H,11,12,13). The molecule has 122 valence electrons. The molecule has 0 aliphatic heterocycles. The Kier molecular flexibility index (Phi) is 6.95. The first-order valence-corrected chi connectivity index (χ1v) is 5.97. The molecule has 0 aromatic carbocycles. The van der Waals surface area contributed by atoms with Gasteiger partial charge >= 0.3 is 33.4 Å². The van der Waals surface area contributed by atoms with Crippen LogP contribution < -0.4 is 0 Å². The fraction of sp³-hybridized carbons (Fsp3) is 0.857. The van der Waals surface area contributed by atoms with Gasteiger partial charge in [0.25, 0.3) is 0 Å². The summed E-state index contributed by atoms with van der Waals surface area (Å²) < 4.78 is 108. The van der Waals surface area contributed by atoms with Gasteiger partial charge in [0, 0.05) is 6.42 Å². The molecular formula is C7H9F7O5S. The number of carboxylic acid groups (broad SMARTS) is 1. The van der Waals surface area contributed by atoms with Crippen LogP contribution in [0.15, 0.2) is 0 Å². The van der Waals surface area contributed by atoms with E-state index in [0.29, 0.717) is 6.42 Å². The van der Waals surface area contributed by atoms with Crippen LogP contribution in [0.5, 0.6) is 0 Å². The lowest BCUT2D eigenvalue weighted by Crippen LogP contribution is -2.55. The van der Waals surface area contributed by atoms with Gasteiger partial charge in [-0.05, 0) is 6.42 Å². The molecule has 0 spiro atoms. The molecule has 0 rings (SSSR count). The zero-order chi connectivity index (χ0) is 17.0. The molecule has 0 radical (unpaired) electrons. The van der Waals surface area contributed by atoms with E-state index in [1.54, 1.807) is 0 Å². The van der Waals surface area contributed by atoms with Gasteiger partial charge in [-0.1, -0.05) is 6.92 Å². The van der Waals surface area contributed by atoms with E-state index in [4.69, 9.17) is 9.66 Å². The van der Waals surface area contributed by atoms with E-state index in [1.807, 2.05) is 6.92 Å². The topological polar surface area (TPSA) is 91.7 Å². The van der Waals surface area contributed by atoms with Crippen molar-refractivity contribution in [3.8, 4) is 0 Å². The fourth-order valence-electron chi connectivity index (χ4n) is 0.541. The highest BCUT2D eigenvalue weighted by molar-refractivity contribution is 7.87. The Hall–Kier alpha value is -1.11. The lowest BCUT2D eigenvalue weighted by atomic mass is 10.3. The van der Waals surface area contributed by atoms with Crippen molar-refractivity contribution in [2.24, 2.45) is 0 Å². The maximum atomic E-state index is 11.9. The fourth-order valence-corrected chi connectivity index (χ4v) is 0.981. The van der Waals surface area contributed by atoms with Crippen molar-refractivity contribution in [2.75, 3.05) is 0 Å². The van der Waals surface area contributed by atoms with Gasteiger partial charge in [-0.25, -0.2) is 0 Å². The van der Waals surface area contributed by atoms with E-state index in [9.17, 15) is 43.9 Å². The van der Waals surface area contributed by atoms with Gasteiger partial charge in [0.05, 0.1) is 0 Å². The second-order valence-electron chi connectivity index (χ2n) is 3.21. The number of rotatable bonds is 4. The van der Waals surface area contributed by atoms with Crippen LogP contribution in [0.1, 0.15) is 19.8 Å². The summed E-state index contributed by atoms with van der Waals surface area (Å²) in [6.45, 7) is 1.84. The van der Waals surface area contributed by atoms with Crippen LogP contribution >= 0.6 is 0 Å². The monoisotopic (exact) mass is 338 g/mol. The van der Waals surface area contributed by atoms with Gasteiger partial charge in [0.2, 0.25) is 0 Å². The van der Waals surface area contributed by atoms with Crippen molar-refractivity contribution in [3.05, 3.63) is 0 Å². The van der Waals surface area contributed by atoms with E-state index in [2.05, 4.69) is 0 Å². The minimum atomic E-state index is -6.85. The third kappa shape index (κ3) is 5.11. The third-order valence-corrected chi connectivity index (χ3v) is 2.41. The number of hydrogen-bond donors (Lipinski definition) is 2. The van der Waals surface area contributed by atoms with Crippen molar-refractivity contribution in [3.63, 3.8) is 0 Å². The highest BCUT2D eigenvalue weighted by atomic mass is 32.2. The van der Waals surface area contributed by atoms with Crippen molar-refractivity contribution in [1.29, 1.82) is 0 Å². The number of alkyl halides is 7. The summed E-state index contributed by atoms with van der Waals surface area (Å²) in [6, 6.07) is 0. The maximum absolute atomic E-state index is 11.9. The molecule has 0 aliphatic rings. The molecule has 5 nitrogen and oxygen atoms in total. The molecule has 20 heavy (non-hydrogen) atoms. The van der Waals surface area contributed by atoms with E-state index in [0.717, 1.165) is 6.42 Å². The Labute approximate surface area is 108 Å². The summed E-state index contributed by atoms with van der Waals surface area (Å²) in [5, 5.41) is 1.30. The summed E-state index contributed by atoms with van der Waals surface area (Å²) in [6.07, 6.45) is -5.76. The summed E-state index contributed by atoms with van der Waals surface area (Å²) in [5.74, 6) is -7.56. The summed E-state index contributed by atoms with van der Waals surface area (Å²) >= 11 is 0. The van der Waals surface area contributed by atoms with Crippen LogP contribution in [0.4, 0.5) is 30.7 Å². The molecule has 0 aromatic rings. The molecule has 0 saturated heterocycles. The van der Waals surface area contributed by atoms with E-state index >= 15 is 0 Å². The number of halogens is 7. The average Bonchev–Trinajstić information content (AvgIpc) is 2.14. The Balaban J connectivity index is 0. The first-order valence-electron chi connectivity index (χ1n) is 4.53. The summed E-state index contributed by atoms with van der Waals surface area (Å²) in [7, 11) is -6.85. The second-order valence-corrected chi connectivity index (χ2v) is 4.67. The molecule has 0 bridgehead atoms. The highest BCUT2D eigenvalue weighted by Gasteiger charge is 2.78. The summed E-state index contributed by atoms with van der Waals surface area (Å²) in [4.78, 5) is 9.60. The van der Waals surface area contributed by atoms with E-state index in [-0.39, 0.29) is 0 Å². The third-order valence-electron chi connectivity index (χ3n) is 1.51. The van der Waals surface area contributed by atoms with Crippen molar-refractivity contribution < 1.29 is 53.6 Å². The lowest BCUT2D eigenvalue weighted by molar-refractivity contribution is -0.333. The minimum Gasteiger partial charge on any atom is -0.481 e. The molecule has 0 unspecified atom stereocenters. The molecule has 0 saturated carbocycles. The van der Waals surface area contributed by atoms with Gasteiger partial charge in [-0.15, -0.1) is 0 Å². The smallest absolute Gasteiger partial charge is 0.461 e. The molecule has 0 aromatic heterocycles. The largest absolute Gasteiger partial charge is 0.481 e. The number of carbonyl (C=O) groups is 1. The maximum Gasteiger partial charge on any atom is 0.461 e. The molecule has 13 heteroatoms. The number of hydrogen-bond acceptors (Lipinski definition) is 3. The van der Waals surface area contributed by atoms with Crippen LogP contribution in [0, 0.1) is 0 Å². The Morgan fingerprint density at radius 1 is 1.05 bits per heavy atom. The van der Waals surface area contributed by atoms with Gasteiger partial charge in [0.1, 0.15) is 0 Å². The number of aliphatic carboxylic acids is 1. The van der Waals surface area contributed by atoms with Crippen molar-refractivity contribution in [1.82, 2.24) is 0 Å². The second kappa shape index (κ2) is 6.56. The Morgan fingerprint density at radius 3 is 1.45 bits per heavy atom. The molecule has 0 heterocycles. The predicted molar refractivity (Wildman–Crippen MR) is 50.0 cm³/mol. The van der Waals surface area contributed by atoms with Crippen LogP contribution in [-0.4, -0.2) is 41.4 Å². The lowest BCUT2D eigenvalue weighted by Gasteiger charge is -2.25. The van der Waals surface area contributed by atoms with Gasteiger partial charge in [-0.3, -0.25) is 9.35 Å². The molecular weight excluding hydrogens is 329 g/mol. The van der Waals surface area contributed by atoms with Crippen molar-refractivity contribution in [2.45, 2.75) is 37.1 Å². The van der Waals surface area contributed by atoms with Crippen LogP contribution in [-0.2, 0) is 14.9 Å². The molecule has 0 amide bonds. The zero-order valence-electron chi connectivity index (χ0n) is 9.59. The molecule has 0 aliphatic carbocycles. The SMILES string of the molecule is CCCC(=O)O.O=S(=O)(O)C(F)(F)C(F)(F)C(F)(F)F. The van der Waals surface area contributed by atoms with Gasteiger partial charge < -0.3 is 5.11 Å². The van der Waals surface area contributed by atoms with Crippen LogP contribution in [0.25, 0.3) is 0 Å². The average molecular weight is 338 g/mol. The normalized spacial score (nSPS) is 13.4. The number of carboxylic acids is 1. The van der Waals surface area contributed by atoms with Gasteiger partial charge in [-0.2, -0.15) is 39.2 Å². The first kappa shape index (κ1) is 21.2. The first-order chi connectivity index (χ1) is 8.52. The quantitative estimate of drug-likeness (QED) is 0.607. The van der Waals surface area contributed by atoms with Crippen LogP contribution in [0.3, 0.4) is 0 Å². The highest BCUT2D eigenvalue weighted by Crippen LogP contribution is 2.48. The summed E-state index contributed by atoms with van der Waals surface area (Å²) in [5.41, 5.74) is 0. The Bertz CT molecular complexity index is 427. The molecule has 2 N–H and O–H groups in total. The van der Waals surface area contributed by atoms with E-state index < -0.39 is 33.4 Å². The van der Waals surface area contributed by atoms with Crippen molar-refractivity contribution >= 4 is 16.1 Å². The molecule has 0 fully saturated rings. The van der Waals surface area contributed by atoms with Gasteiger partial charge in [0.15, 0.2) is 0 Å². The minimum absolute atomic E-state index is 0.292. The zero-order valence-corrected chi connectivity index (χ0v) is 10.4. The van der Waals surface area contributed by atoms with E-state index in [1.165, 1.54) is 0 Å². The molecule has 0 atom stereocenters. The predicted octanol–water partition coefficient (Wildman–Crippen LogP) is 2.54.